The highest BCUT2D eigenvalue weighted by Crippen LogP contribution is 2.51. The maximum absolute atomic E-state index is 13.0. The Balaban J connectivity index is 1.43. The number of alkyl halides is 3. The van der Waals surface area contributed by atoms with Gasteiger partial charge in [0.25, 0.3) is 0 Å². The number of H-pyrrole nitrogens is 1. The fourth-order valence-corrected chi connectivity index (χ4v) is 6.16. The molecule has 2 atom stereocenters. The number of rotatable bonds is 5. The molecule has 1 fully saturated rings. The Hall–Kier alpha value is -3.51. The molecule has 4 N–H and O–H groups in total. The fourth-order valence-electron chi connectivity index (χ4n) is 5.10. The van der Waals surface area contributed by atoms with Gasteiger partial charge >= 0.3 is 12.1 Å². The molecule has 5 rings (SSSR count). The van der Waals surface area contributed by atoms with Crippen molar-refractivity contribution in [1.29, 1.82) is 0 Å². The normalized spacial score (nSPS) is 21.7. The van der Waals surface area contributed by atoms with E-state index in [1.807, 2.05) is 20.0 Å². The topological polar surface area (TPSA) is 124 Å². The van der Waals surface area contributed by atoms with Gasteiger partial charge in [-0.05, 0) is 48.9 Å². The second-order valence-corrected chi connectivity index (χ2v) is 11.0. The van der Waals surface area contributed by atoms with Gasteiger partial charge in [-0.25, -0.2) is 15.0 Å². The predicted molar refractivity (Wildman–Crippen MR) is 132 cm³/mol. The van der Waals surface area contributed by atoms with E-state index in [2.05, 4.69) is 25.3 Å². The van der Waals surface area contributed by atoms with Gasteiger partial charge in [0.2, 0.25) is 5.95 Å². The zero-order valence-electron chi connectivity index (χ0n) is 19.9. The van der Waals surface area contributed by atoms with Crippen molar-refractivity contribution in [3.05, 3.63) is 53.6 Å². The first-order chi connectivity index (χ1) is 17.4. The highest BCUT2D eigenvalue weighted by atomic mass is 32.1. The van der Waals surface area contributed by atoms with E-state index in [0.29, 0.717) is 23.5 Å². The van der Waals surface area contributed by atoms with Crippen LogP contribution in [0.3, 0.4) is 0 Å². The van der Waals surface area contributed by atoms with Crippen LogP contribution in [0.1, 0.15) is 43.8 Å². The first kappa shape index (κ1) is 25.2. The molecule has 0 saturated heterocycles. The predicted octanol–water partition coefficient (Wildman–Crippen LogP) is 5.94. The van der Waals surface area contributed by atoms with E-state index in [1.54, 1.807) is 24.4 Å². The van der Waals surface area contributed by atoms with Crippen LogP contribution in [0.4, 0.5) is 24.8 Å². The average molecular weight is 532 g/mol. The van der Waals surface area contributed by atoms with Crippen molar-refractivity contribution in [2.75, 3.05) is 5.32 Å². The smallest absolute Gasteiger partial charge is 0.433 e. The molecule has 3 aromatic heterocycles. The summed E-state index contributed by atoms with van der Waals surface area (Å²) in [6.07, 6.45) is 0.894. The van der Waals surface area contributed by atoms with Gasteiger partial charge in [0.15, 0.2) is 0 Å². The third-order valence-corrected chi connectivity index (χ3v) is 8.11. The van der Waals surface area contributed by atoms with Gasteiger partial charge in [-0.15, -0.1) is 11.3 Å². The lowest BCUT2D eigenvalue weighted by Crippen LogP contribution is -2.44. The summed E-state index contributed by atoms with van der Waals surface area (Å²) < 4.78 is 39.0. The number of aliphatic carboxylic acids is 1. The molecule has 3 heterocycles. The number of aromatic nitrogens is 4. The summed E-state index contributed by atoms with van der Waals surface area (Å²) in [6.45, 7) is 3.71. The van der Waals surface area contributed by atoms with E-state index in [4.69, 9.17) is 0 Å². The van der Waals surface area contributed by atoms with Crippen LogP contribution in [0.2, 0.25) is 0 Å². The first-order valence-electron chi connectivity index (χ1n) is 11.6. The Morgan fingerprint density at radius 3 is 2.73 bits per heavy atom. The summed E-state index contributed by atoms with van der Waals surface area (Å²) in [7, 11) is 0. The molecular weight excluding hydrogens is 507 g/mol. The maximum Gasteiger partial charge on any atom is 0.433 e. The van der Waals surface area contributed by atoms with Crippen molar-refractivity contribution in [2.45, 2.75) is 44.9 Å². The molecule has 0 unspecified atom stereocenters. The minimum atomic E-state index is -4.58. The van der Waals surface area contributed by atoms with Crippen LogP contribution in [0.5, 0.6) is 0 Å². The van der Waals surface area contributed by atoms with Crippen LogP contribution in [0, 0.1) is 11.3 Å². The number of carbonyl (C=O) groups is 1. The van der Waals surface area contributed by atoms with Crippen LogP contribution < -0.4 is 5.32 Å². The van der Waals surface area contributed by atoms with Crippen LogP contribution >= 0.6 is 11.3 Å². The van der Waals surface area contributed by atoms with Gasteiger partial charge in [-0.1, -0.05) is 13.8 Å². The summed E-state index contributed by atoms with van der Waals surface area (Å²) >= 11 is 1.34. The summed E-state index contributed by atoms with van der Waals surface area (Å²) in [5, 5.41) is 25.1. The number of carboxylic acid groups (broad SMARTS) is 1. The fraction of sp³-hybridized carbons (Fsp3) is 0.360. The molecule has 1 aromatic carbocycles. The Morgan fingerprint density at radius 1 is 1.24 bits per heavy atom. The molecule has 12 heteroatoms. The van der Waals surface area contributed by atoms with Crippen LogP contribution in [0.25, 0.3) is 21.3 Å². The summed E-state index contributed by atoms with van der Waals surface area (Å²) in [4.78, 5) is 27.5. The zero-order valence-corrected chi connectivity index (χ0v) is 20.7. The number of aliphatic hydroxyl groups is 1. The third-order valence-electron chi connectivity index (χ3n) is 6.89. The van der Waals surface area contributed by atoms with Crippen LogP contribution in [-0.2, 0) is 16.6 Å². The van der Waals surface area contributed by atoms with Crippen molar-refractivity contribution in [3.8, 4) is 10.4 Å². The molecular formula is C25H24F3N5O3S. The second kappa shape index (κ2) is 8.80. The number of thiazole rings is 1. The Kier molecular flexibility index (Phi) is 5.99. The summed E-state index contributed by atoms with van der Waals surface area (Å²) in [6, 6.07) is 6.08. The van der Waals surface area contributed by atoms with Gasteiger partial charge in [-0.3, -0.25) is 4.79 Å². The van der Waals surface area contributed by atoms with Crippen LogP contribution in [0.15, 0.2) is 42.9 Å². The first-order valence-corrected chi connectivity index (χ1v) is 12.4. The monoisotopic (exact) mass is 531 g/mol. The minimum Gasteiger partial charge on any atom is -0.481 e. The van der Waals surface area contributed by atoms with Gasteiger partial charge in [-0.2, -0.15) is 13.2 Å². The number of benzene rings is 1. The quantitative estimate of drug-likeness (QED) is 0.251. The van der Waals surface area contributed by atoms with Gasteiger partial charge in [0.05, 0.1) is 10.8 Å². The number of hydrogen-bond acceptors (Lipinski definition) is 7. The molecule has 194 valence electrons. The molecule has 8 nitrogen and oxygen atoms in total. The van der Waals surface area contributed by atoms with E-state index in [0.717, 1.165) is 33.6 Å². The van der Waals surface area contributed by atoms with Gasteiger partial charge in [0, 0.05) is 40.7 Å². The van der Waals surface area contributed by atoms with E-state index < -0.39 is 34.8 Å². The number of aromatic amines is 1. The SMILES string of the molecule is CC1(C)C[C@@](O)(c2ncc(-c3c[nH]c4ccc(Nc5nccc(C(F)(F)F)n5)cc34)s2)CC[C@@H]1C(=O)O. The zero-order chi connectivity index (χ0) is 26.6. The van der Waals surface area contributed by atoms with E-state index in [9.17, 15) is 28.2 Å². The van der Waals surface area contributed by atoms with Gasteiger partial charge in [0.1, 0.15) is 16.3 Å². The molecule has 1 aliphatic rings. The molecule has 0 aliphatic heterocycles. The third kappa shape index (κ3) is 4.78. The number of hydrogen-bond donors (Lipinski definition) is 4. The Labute approximate surface area is 213 Å². The highest BCUT2D eigenvalue weighted by Gasteiger charge is 2.49. The number of halogens is 3. The lowest BCUT2D eigenvalue weighted by Gasteiger charge is -2.44. The standard InChI is InChI=1S/C25H24F3N5O3S/c1-23(2)12-24(36,7-5-16(23)20(34)35)21-31-11-18(37-21)15-10-30-17-4-3-13(9-14(15)17)32-22-29-8-6-19(33-22)25(26,27)28/h3-4,6,8-11,16,30,36H,5,7,12H2,1-2H3,(H,34,35)(H,29,32,33)/t16-,24-/m1/s1. The lowest BCUT2D eigenvalue weighted by molar-refractivity contribution is -0.154. The highest BCUT2D eigenvalue weighted by molar-refractivity contribution is 7.15. The molecule has 4 aromatic rings. The van der Waals surface area contributed by atoms with E-state index >= 15 is 0 Å². The molecule has 0 amide bonds. The summed E-state index contributed by atoms with van der Waals surface area (Å²) in [5.41, 5.74) is -0.735. The summed E-state index contributed by atoms with van der Waals surface area (Å²) in [5.74, 6) is -1.56. The number of nitrogens with one attached hydrogen (secondary N) is 2. The number of carboxylic acids is 1. The lowest BCUT2D eigenvalue weighted by atomic mass is 9.63. The van der Waals surface area contributed by atoms with Crippen molar-refractivity contribution in [1.82, 2.24) is 19.9 Å². The molecule has 1 saturated carbocycles. The van der Waals surface area contributed by atoms with E-state index in [-0.39, 0.29) is 12.4 Å². The number of anilines is 2. The van der Waals surface area contributed by atoms with Crippen LogP contribution in [-0.4, -0.2) is 36.1 Å². The number of fused-ring (bicyclic) bond motifs is 1. The molecule has 37 heavy (non-hydrogen) atoms. The Bertz CT molecular complexity index is 1480. The van der Waals surface area contributed by atoms with Crippen molar-refractivity contribution < 1.29 is 28.2 Å². The van der Waals surface area contributed by atoms with Gasteiger partial charge < -0.3 is 20.5 Å². The number of nitrogens with zero attached hydrogens (tertiary/aromatic N) is 3. The van der Waals surface area contributed by atoms with E-state index in [1.165, 1.54) is 11.3 Å². The molecule has 0 bridgehead atoms. The molecule has 0 radical (unpaired) electrons. The minimum absolute atomic E-state index is 0.173. The van der Waals surface area contributed by atoms with Crippen molar-refractivity contribution in [3.63, 3.8) is 0 Å². The molecule has 1 aliphatic carbocycles. The second-order valence-electron chi connectivity index (χ2n) is 10.0. The largest absolute Gasteiger partial charge is 0.481 e. The Morgan fingerprint density at radius 2 is 2.03 bits per heavy atom. The van der Waals surface area contributed by atoms with Crippen molar-refractivity contribution in [2.24, 2.45) is 11.3 Å². The maximum atomic E-state index is 13.0. The molecule has 0 spiro atoms. The average Bonchev–Trinajstić information content (AvgIpc) is 3.45. The van der Waals surface area contributed by atoms with Crippen molar-refractivity contribution >= 4 is 39.8 Å².